The summed E-state index contributed by atoms with van der Waals surface area (Å²) in [6.45, 7) is 1.49. The van der Waals surface area contributed by atoms with Gasteiger partial charge in [-0.3, -0.25) is 4.79 Å². The van der Waals surface area contributed by atoms with Gasteiger partial charge in [0, 0.05) is 23.1 Å². The molecule has 8 heteroatoms. The smallest absolute Gasteiger partial charge is 0.252 e. The number of hydrogen-bond donors (Lipinski definition) is 1. The van der Waals surface area contributed by atoms with Crippen molar-refractivity contribution >= 4 is 31.9 Å². The minimum absolute atomic E-state index is 0.175. The lowest BCUT2D eigenvalue weighted by Gasteiger charge is -2.15. The summed E-state index contributed by atoms with van der Waals surface area (Å²) in [5.41, 5.74) is 0.387. The number of sulfonamides is 1. The third-order valence-electron chi connectivity index (χ3n) is 4.39. The van der Waals surface area contributed by atoms with Crippen LogP contribution < -0.4 is 10.1 Å². The summed E-state index contributed by atoms with van der Waals surface area (Å²) in [5.74, 6) is 6.06. The van der Waals surface area contributed by atoms with Crippen LogP contribution in [-0.2, 0) is 10.0 Å². The van der Waals surface area contributed by atoms with E-state index < -0.39 is 10.0 Å². The molecule has 0 aromatic heterocycles. The Balaban J connectivity index is 1.47. The van der Waals surface area contributed by atoms with Crippen molar-refractivity contribution in [2.24, 2.45) is 0 Å². The predicted octanol–water partition coefficient (Wildman–Crippen LogP) is 3.05. The van der Waals surface area contributed by atoms with Gasteiger partial charge in [-0.15, -0.1) is 0 Å². The first-order valence-corrected chi connectivity index (χ1v) is 11.4. The van der Waals surface area contributed by atoms with Gasteiger partial charge in [0.25, 0.3) is 5.91 Å². The summed E-state index contributed by atoms with van der Waals surface area (Å²) in [4.78, 5) is 12.4. The third kappa shape index (κ3) is 5.82. The van der Waals surface area contributed by atoms with Gasteiger partial charge < -0.3 is 10.1 Å². The Bertz CT molecular complexity index is 1020. The summed E-state index contributed by atoms with van der Waals surface area (Å²) >= 11 is 3.37. The Morgan fingerprint density at radius 2 is 1.83 bits per heavy atom. The molecule has 0 aliphatic carbocycles. The van der Waals surface area contributed by atoms with Crippen LogP contribution in [0.1, 0.15) is 23.2 Å². The van der Waals surface area contributed by atoms with Crippen LogP contribution in [0.5, 0.6) is 5.75 Å². The van der Waals surface area contributed by atoms with Crippen molar-refractivity contribution in [1.29, 1.82) is 0 Å². The van der Waals surface area contributed by atoms with Crippen molar-refractivity contribution in [3.63, 3.8) is 0 Å². The van der Waals surface area contributed by atoms with Gasteiger partial charge in [0.1, 0.15) is 12.4 Å². The molecule has 1 amide bonds. The molecule has 29 heavy (non-hydrogen) atoms. The maximum atomic E-state index is 12.5. The van der Waals surface area contributed by atoms with Crippen molar-refractivity contribution in [2.75, 3.05) is 26.2 Å². The van der Waals surface area contributed by atoms with E-state index in [0.717, 1.165) is 17.3 Å². The first-order chi connectivity index (χ1) is 14.0. The molecule has 1 N–H and O–H groups in total. The van der Waals surface area contributed by atoms with E-state index in [2.05, 4.69) is 33.1 Å². The molecule has 0 spiro atoms. The Labute approximate surface area is 179 Å². The average molecular weight is 477 g/mol. The number of carbonyl (C=O) groups excluding carboxylic acids is 1. The monoisotopic (exact) mass is 476 g/mol. The van der Waals surface area contributed by atoms with Crippen LogP contribution in [0.4, 0.5) is 0 Å². The summed E-state index contributed by atoms with van der Waals surface area (Å²) in [6.07, 6.45) is 1.77. The van der Waals surface area contributed by atoms with Gasteiger partial charge in [0.15, 0.2) is 0 Å². The molecule has 2 aromatic rings. The number of ether oxygens (including phenoxy) is 1. The van der Waals surface area contributed by atoms with E-state index in [1.165, 1.54) is 28.6 Å². The Hall–Kier alpha value is -2.34. The Morgan fingerprint density at radius 1 is 1.10 bits per heavy atom. The lowest BCUT2D eigenvalue weighted by molar-refractivity contribution is 0.0958. The second-order valence-corrected chi connectivity index (χ2v) is 9.27. The zero-order chi connectivity index (χ0) is 20.7. The summed E-state index contributed by atoms with van der Waals surface area (Å²) in [6, 6.07) is 13.4. The number of rotatable bonds is 6. The molecular weight excluding hydrogens is 456 g/mol. The highest BCUT2D eigenvalue weighted by Gasteiger charge is 2.27. The topological polar surface area (TPSA) is 75.7 Å². The van der Waals surface area contributed by atoms with Gasteiger partial charge in [-0.1, -0.05) is 33.8 Å². The lowest BCUT2D eigenvalue weighted by Crippen LogP contribution is -2.28. The SMILES string of the molecule is O=C(NCC#CCOc1cccc(Br)c1)c1ccc(S(=O)(=O)N2CCCC2)cc1. The van der Waals surface area contributed by atoms with Gasteiger partial charge >= 0.3 is 0 Å². The van der Waals surface area contributed by atoms with Crippen molar-refractivity contribution < 1.29 is 17.9 Å². The number of nitrogens with one attached hydrogen (secondary N) is 1. The zero-order valence-corrected chi connectivity index (χ0v) is 18.1. The van der Waals surface area contributed by atoms with Crippen LogP contribution >= 0.6 is 15.9 Å². The first-order valence-electron chi connectivity index (χ1n) is 9.19. The fourth-order valence-corrected chi connectivity index (χ4v) is 4.77. The second-order valence-electron chi connectivity index (χ2n) is 6.42. The summed E-state index contributed by atoms with van der Waals surface area (Å²) in [7, 11) is -3.47. The maximum Gasteiger partial charge on any atom is 0.252 e. The van der Waals surface area contributed by atoms with Crippen LogP contribution in [0.15, 0.2) is 57.9 Å². The van der Waals surface area contributed by atoms with Crippen LogP contribution in [0, 0.1) is 11.8 Å². The van der Waals surface area contributed by atoms with Crippen molar-refractivity contribution in [2.45, 2.75) is 17.7 Å². The number of amides is 1. The minimum atomic E-state index is -3.47. The molecular formula is C21H21BrN2O4S. The molecule has 0 atom stereocenters. The molecule has 1 fully saturated rings. The molecule has 1 aliphatic heterocycles. The molecule has 152 valence electrons. The first kappa shape index (κ1) is 21.4. The van der Waals surface area contributed by atoms with Crippen LogP contribution in [-0.4, -0.2) is 44.9 Å². The van der Waals surface area contributed by atoms with E-state index in [4.69, 9.17) is 4.74 Å². The summed E-state index contributed by atoms with van der Waals surface area (Å²) in [5, 5.41) is 2.68. The largest absolute Gasteiger partial charge is 0.481 e. The number of benzene rings is 2. The van der Waals surface area contributed by atoms with Gasteiger partial charge in [-0.25, -0.2) is 8.42 Å². The lowest BCUT2D eigenvalue weighted by atomic mass is 10.2. The molecule has 1 aliphatic rings. The van der Waals surface area contributed by atoms with E-state index in [-0.39, 0.29) is 24.0 Å². The quantitative estimate of drug-likeness (QED) is 0.650. The van der Waals surface area contributed by atoms with E-state index in [1.807, 2.05) is 24.3 Å². The normalized spacial score (nSPS) is 14.1. The van der Waals surface area contributed by atoms with Crippen LogP contribution in [0.25, 0.3) is 0 Å². The predicted molar refractivity (Wildman–Crippen MR) is 114 cm³/mol. The number of halogens is 1. The fourth-order valence-electron chi connectivity index (χ4n) is 2.87. The maximum absolute atomic E-state index is 12.5. The number of nitrogens with zero attached hydrogens (tertiary/aromatic N) is 1. The molecule has 1 saturated heterocycles. The second kappa shape index (κ2) is 9.92. The molecule has 1 heterocycles. The molecule has 0 unspecified atom stereocenters. The van der Waals surface area contributed by atoms with Crippen molar-refractivity contribution in [3.05, 3.63) is 58.6 Å². The molecule has 0 bridgehead atoms. The highest BCUT2D eigenvalue weighted by atomic mass is 79.9. The van der Waals surface area contributed by atoms with Crippen molar-refractivity contribution in [1.82, 2.24) is 9.62 Å². The Kier molecular flexibility index (Phi) is 7.31. The van der Waals surface area contributed by atoms with Gasteiger partial charge in [-0.05, 0) is 55.3 Å². The minimum Gasteiger partial charge on any atom is -0.481 e. The Morgan fingerprint density at radius 3 is 2.52 bits per heavy atom. The van der Waals surface area contributed by atoms with E-state index in [0.29, 0.717) is 24.4 Å². The number of carbonyl (C=O) groups is 1. The highest BCUT2D eigenvalue weighted by Crippen LogP contribution is 2.21. The van der Waals surface area contributed by atoms with Gasteiger partial charge in [-0.2, -0.15) is 4.31 Å². The molecule has 2 aromatic carbocycles. The average Bonchev–Trinajstić information content (AvgIpc) is 3.26. The molecule has 0 radical (unpaired) electrons. The van der Waals surface area contributed by atoms with E-state index in [9.17, 15) is 13.2 Å². The van der Waals surface area contributed by atoms with Crippen molar-refractivity contribution in [3.8, 4) is 17.6 Å². The van der Waals surface area contributed by atoms with E-state index in [1.54, 1.807) is 0 Å². The third-order valence-corrected chi connectivity index (χ3v) is 6.79. The molecule has 6 nitrogen and oxygen atoms in total. The van der Waals surface area contributed by atoms with Gasteiger partial charge in [0.05, 0.1) is 11.4 Å². The number of hydrogen-bond acceptors (Lipinski definition) is 4. The van der Waals surface area contributed by atoms with E-state index >= 15 is 0 Å². The fraction of sp³-hybridized carbons (Fsp3) is 0.286. The zero-order valence-electron chi connectivity index (χ0n) is 15.7. The standard InChI is InChI=1S/C21H21BrN2O4S/c22-18-6-5-7-19(16-18)28-15-4-1-12-23-21(25)17-8-10-20(11-9-17)29(26,27)24-13-2-3-14-24/h5-11,16H,2-3,12-15H2,(H,23,25). The molecule has 0 saturated carbocycles. The van der Waals surface area contributed by atoms with Gasteiger partial charge in [0.2, 0.25) is 10.0 Å². The van der Waals surface area contributed by atoms with Crippen LogP contribution in [0.2, 0.25) is 0 Å². The molecule has 3 rings (SSSR count). The summed E-state index contributed by atoms with van der Waals surface area (Å²) < 4.78 is 32.9. The van der Waals surface area contributed by atoms with Crippen LogP contribution in [0.3, 0.4) is 0 Å². The highest BCUT2D eigenvalue weighted by molar-refractivity contribution is 9.10.